The van der Waals surface area contributed by atoms with Crippen molar-refractivity contribution in [2.24, 2.45) is 0 Å². The third kappa shape index (κ3) is 3.15. The number of benzene rings is 2. The number of rotatable bonds is 4. The van der Waals surface area contributed by atoms with Crippen LogP contribution < -0.4 is 9.47 Å². The third-order valence-electron chi connectivity index (χ3n) is 3.40. The molecule has 112 valence electrons. The molecule has 0 fully saturated rings. The molecule has 0 amide bonds. The number of hydrogen-bond acceptors (Lipinski definition) is 3. The topological polar surface area (TPSA) is 31.4 Å². The number of ether oxygens (including phenoxy) is 2. The Morgan fingerprint density at radius 3 is 2.77 bits per heavy atom. The zero-order chi connectivity index (χ0) is 15.5. The van der Waals surface area contributed by atoms with E-state index in [0.717, 1.165) is 33.5 Å². The Bertz CT molecular complexity index is 817. The fourth-order valence-electron chi connectivity index (χ4n) is 2.36. The summed E-state index contributed by atoms with van der Waals surface area (Å²) in [5, 5.41) is 1.48. The number of hydrogen-bond donors (Lipinski definition) is 0. The van der Waals surface area contributed by atoms with Gasteiger partial charge in [0.1, 0.15) is 28.8 Å². The quantitative estimate of drug-likeness (QED) is 0.649. The van der Waals surface area contributed by atoms with Crippen LogP contribution in [0.5, 0.6) is 11.5 Å². The number of halogens is 1. The molecule has 0 unspecified atom stereocenters. The molecule has 0 spiro atoms. The zero-order valence-electron chi connectivity index (χ0n) is 12.5. The summed E-state index contributed by atoms with van der Waals surface area (Å²) in [6.45, 7) is 2.48. The summed E-state index contributed by atoms with van der Waals surface area (Å²) >= 11 is 6.00. The first-order chi connectivity index (χ1) is 10.7. The molecule has 1 heterocycles. The highest BCUT2D eigenvalue weighted by atomic mass is 35.5. The first-order valence-corrected chi connectivity index (χ1v) is 7.36. The summed E-state index contributed by atoms with van der Waals surface area (Å²) in [6, 6.07) is 15.6. The Morgan fingerprint density at radius 2 is 1.95 bits per heavy atom. The molecule has 1 aromatic heterocycles. The summed E-state index contributed by atoms with van der Waals surface area (Å²) in [5.74, 6) is 1.55. The Balaban J connectivity index is 1.91. The first kappa shape index (κ1) is 14.7. The van der Waals surface area contributed by atoms with Crippen LogP contribution in [0.3, 0.4) is 0 Å². The maximum absolute atomic E-state index is 6.00. The summed E-state index contributed by atoms with van der Waals surface area (Å²) in [6.07, 6.45) is 0. The molecule has 0 N–H and O–H groups in total. The van der Waals surface area contributed by atoms with Gasteiger partial charge in [-0.3, -0.25) is 0 Å². The van der Waals surface area contributed by atoms with E-state index >= 15 is 0 Å². The molecule has 3 nitrogen and oxygen atoms in total. The zero-order valence-corrected chi connectivity index (χ0v) is 13.2. The lowest BCUT2D eigenvalue weighted by Gasteiger charge is -2.11. The van der Waals surface area contributed by atoms with E-state index in [4.69, 9.17) is 21.1 Å². The van der Waals surface area contributed by atoms with Crippen molar-refractivity contribution in [3.05, 3.63) is 64.8 Å². The largest absolute Gasteiger partial charge is 0.497 e. The molecular weight excluding hydrogens is 298 g/mol. The minimum atomic E-state index is 0.448. The molecule has 0 aliphatic carbocycles. The van der Waals surface area contributed by atoms with Crippen molar-refractivity contribution < 1.29 is 9.47 Å². The molecule has 0 saturated carbocycles. The highest BCUT2D eigenvalue weighted by Gasteiger charge is 2.07. The van der Waals surface area contributed by atoms with Crippen LogP contribution >= 0.6 is 11.6 Å². The molecule has 4 heteroatoms. The normalized spacial score (nSPS) is 10.7. The van der Waals surface area contributed by atoms with Crippen molar-refractivity contribution in [1.82, 2.24) is 4.98 Å². The van der Waals surface area contributed by atoms with E-state index in [0.29, 0.717) is 11.8 Å². The van der Waals surface area contributed by atoms with Crippen molar-refractivity contribution in [2.45, 2.75) is 13.5 Å². The Hall–Kier alpha value is -2.26. The first-order valence-electron chi connectivity index (χ1n) is 6.98. The number of aromatic nitrogens is 1. The highest BCUT2D eigenvalue weighted by Crippen LogP contribution is 2.28. The fraction of sp³-hybridized carbons (Fsp3) is 0.167. The molecular formula is C18H16ClNO2. The predicted molar refractivity (Wildman–Crippen MR) is 88.8 cm³/mol. The van der Waals surface area contributed by atoms with Gasteiger partial charge in [0.2, 0.25) is 0 Å². The number of aryl methyl sites for hydroxylation is 1. The van der Waals surface area contributed by atoms with Gasteiger partial charge in [-0.15, -0.1) is 0 Å². The van der Waals surface area contributed by atoms with Crippen molar-refractivity contribution in [1.29, 1.82) is 0 Å². The second-order valence-corrected chi connectivity index (χ2v) is 5.50. The van der Waals surface area contributed by atoms with Gasteiger partial charge in [-0.25, -0.2) is 4.98 Å². The molecule has 0 saturated heterocycles. The van der Waals surface area contributed by atoms with Gasteiger partial charge in [0, 0.05) is 5.39 Å². The minimum Gasteiger partial charge on any atom is -0.497 e. The number of methoxy groups -OCH3 is 1. The van der Waals surface area contributed by atoms with Gasteiger partial charge in [0.05, 0.1) is 7.11 Å². The predicted octanol–water partition coefficient (Wildman–Crippen LogP) is 4.78. The average Bonchev–Trinajstić information content (AvgIpc) is 2.53. The van der Waals surface area contributed by atoms with Gasteiger partial charge < -0.3 is 9.47 Å². The Morgan fingerprint density at radius 1 is 1.09 bits per heavy atom. The Labute approximate surface area is 134 Å². The minimum absolute atomic E-state index is 0.448. The van der Waals surface area contributed by atoms with Crippen molar-refractivity contribution in [3.8, 4) is 11.5 Å². The SMILES string of the molecule is COc1cccc(COc2cc(C)cc3ccc(Cl)nc23)c1. The van der Waals surface area contributed by atoms with Crippen LogP contribution in [-0.2, 0) is 6.61 Å². The summed E-state index contributed by atoms with van der Waals surface area (Å²) in [7, 11) is 1.65. The number of nitrogens with zero attached hydrogens (tertiary/aromatic N) is 1. The number of pyridine rings is 1. The summed E-state index contributed by atoms with van der Waals surface area (Å²) < 4.78 is 11.2. The summed E-state index contributed by atoms with van der Waals surface area (Å²) in [5.41, 5.74) is 2.94. The van der Waals surface area contributed by atoms with Crippen LogP contribution in [0.15, 0.2) is 48.5 Å². The van der Waals surface area contributed by atoms with Crippen molar-refractivity contribution in [2.75, 3.05) is 7.11 Å². The lowest BCUT2D eigenvalue weighted by Crippen LogP contribution is -1.98. The van der Waals surface area contributed by atoms with Gasteiger partial charge in [-0.1, -0.05) is 23.7 Å². The standard InChI is InChI=1S/C18H16ClNO2/c1-12-8-14-6-7-17(19)20-18(14)16(9-12)22-11-13-4-3-5-15(10-13)21-2/h3-10H,11H2,1-2H3. The smallest absolute Gasteiger partial charge is 0.146 e. The van der Waals surface area contributed by atoms with Crippen molar-refractivity contribution in [3.63, 3.8) is 0 Å². The maximum atomic E-state index is 6.00. The molecule has 3 aromatic rings. The molecule has 2 aromatic carbocycles. The second-order valence-electron chi connectivity index (χ2n) is 5.11. The highest BCUT2D eigenvalue weighted by molar-refractivity contribution is 6.29. The van der Waals surface area contributed by atoms with Crippen LogP contribution in [-0.4, -0.2) is 12.1 Å². The van der Waals surface area contributed by atoms with Crippen LogP contribution in [0.4, 0.5) is 0 Å². The van der Waals surface area contributed by atoms with E-state index in [1.54, 1.807) is 13.2 Å². The lowest BCUT2D eigenvalue weighted by molar-refractivity contribution is 0.308. The molecule has 0 aliphatic heterocycles. The molecule has 3 rings (SSSR count). The van der Waals surface area contributed by atoms with Gasteiger partial charge in [-0.2, -0.15) is 0 Å². The van der Waals surface area contributed by atoms with Gasteiger partial charge in [-0.05, 0) is 54.4 Å². The van der Waals surface area contributed by atoms with E-state index in [1.807, 2.05) is 43.3 Å². The molecule has 0 bridgehead atoms. The summed E-state index contributed by atoms with van der Waals surface area (Å²) in [4.78, 5) is 4.38. The van der Waals surface area contributed by atoms with E-state index in [-0.39, 0.29) is 0 Å². The van der Waals surface area contributed by atoms with E-state index in [2.05, 4.69) is 11.1 Å². The molecule has 0 aliphatic rings. The van der Waals surface area contributed by atoms with E-state index in [1.165, 1.54) is 0 Å². The molecule has 0 atom stereocenters. The Kier molecular flexibility index (Phi) is 4.16. The molecule has 22 heavy (non-hydrogen) atoms. The second kappa shape index (κ2) is 6.24. The van der Waals surface area contributed by atoms with E-state index < -0.39 is 0 Å². The lowest BCUT2D eigenvalue weighted by atomic mass is 10.1. The van der Waals surface area contributed by atoms with Crippen LogP contribution in [0, 0.1) is 6.92 Å². The average molecular weight is 314 g/mol. The van der Waals surface area contributed by atoms with Gasteiger partial charge in [0.15, 0.2) is 0 Å². The number of fused-ring (bicyclic) bond motifs is 1. The third-order valence-corrected chi connectivity index (χ3v) is 3.61. The fourth-order valence-corrected chi connectivity index (χ4v) is 2.50. The van der Waals surface area contributed by atoms with Crippen molar-refractivity contribution >= 4 is 22.5 Å². The van der Waals surface area contributed by atoms with Gasteiger partial charge in [0.25, 0.3) is 0 Å². The van der Waals surface area contributed by atoms with Crippen LogP contribution in [0.1, 0.15) is 11.1 Å². The van der Waals surface area contributed by atoms with E-state index in [9.17, 15) is 0 Å². The van der Waals surface area contributed by atoms with Crippen LogP contribution in [0.2, 0.25) is 5.15 Å². The molecule has 0 radical (unpaired) electrons. The van der Waals surface area contributed by atoms with Crippen LogP contribution in [0.25, 0.3) is 10.9 Å². The maximum Gasteiger partial charge on any atom is 0.146 e. The van der Waals surface area contributed by atoms with Gasteiger partial charge >= 0.3 is 0 Å². The monoisotopic (exact) mass is 313 g/mol.